The molecule has 0 aliphatic rings. The predicted molar refractivity (Wildman–Crippen MR) is 78.6 cm³/mol. The molecule has 1 unspecified atom stereocenters. The first kappa shape index (κ1) is 14.8. The van der Waals surface area contributed by atoms with Crippen molar-refractivity contribution < 1.29 is 4.42 Å². The van der Waals surface area contributed by atoms with Gasteiger partial charge >= 0.3 is 0 Å². The van der Waals surface area contributed by atoms with Crippen molar-refractivity contribution in [2.75, 3.05) is 6.54 Å². The van der Waals surface area contributed by atoms with E-state index >= 15 is 0 Å². The fourth-order valence-electron chi connectivity index (χ4n) is 2.35. The number of nitrogens with zero attached hydrogens (tertiary/aromatic N) is 3. The Morgan fingerprint density at radius 3 is 2.80 bits per heavy atom. The summed E-state index contributed by atoms with van der Waals surface area (Å²) in [6.07, 6.45) is 5.25. The standard InChI is InChI=1S/C15H24N4O/c1-5-7-16-13(15-12(4)6-8-20-15)9-14-17-10-18-19(14)11(2)3/h6,8,10-11,13,16H,5,7,9H2,1-4H3. The molecule has 0 aliphatic heterocycles. The molecule has 1 atom stereocenters. The highest BCUT2D eigenvalue weighted by Gasteiger charge is 2.20. The summed E-state index contributed by atoms with van der Waals surface area (Å²) in [4.78, 5) is 4.40. The molecule has 0 spiro atoms. The molecular weight excluding hydrogens is 252 g/mol. The van der Waals surface area contributed by atoms with Crippen LogP contribution in [0.25, 0.3) is 0 Å². The third kappa shape index (κ3) is 3.28. The summed E-state index contributed by atoms with van der Waals surface area (Å²) in [6, 6.07) is 2.46. The Bertz CT molecular complexity index is 529. The van der Waals surface area contributed by atoms with E-state index in [1.54, 1.807) is 12.6 Å². The van der Waals surface area contributed by atoms with Gasteiger partial charge in [-0.25, -0.2) is 9.67 Å². The van der Waals surface area contributed by atoms with E-state index < -0.39 is 0 Å². The molecule has 20 heavy (non-hydrogen) atoms. The molecule has 2 aromatic heterocycles. The fourth-order valence-corrected chi connectivity index (χ4v) is 2.35. The molecule has 0 amide bonds. The lowest BCUT2D eigenvalue weighted by Crippen LogP contribution is -2.26. The molecule has 0 aromatic carbocycles. The van der Waals surface area contributed by atoms with Gasteiger partial charge in [-0.3, -0.25) is 0 Å². The summed E-state index contributed by atoms with van der Waals surface area (Å²) >= 11 is 0. The predicted octanol–water partition coefficient (Wildman–Crippen LogP) is 3.04. The number of hydrogen-bond acceptors (Lipinski definition) is 4. The number of nitrogens with one attached hydrogen (secondary N) is 1. The zero-order valence-corrected chi connectivity index (χ0v) is 12.8. The number of aryl methyl sites for hydroxylation is 1. The van der Waals surface area contributed by atoms with Crippen molar-refractivity contribution in [3.05, 3.63) is 35.8 Å². The lowest BCUT2D eigenvalue weighted by molar-refractivity contribution is 0.392. The van der Waals surface area contributed by atoms with E-state index in [4.69, 9.17) is 4.42 Å². The molecule has 2 rings (SSSR count). The molecule has 0 aliphatic carbocycles. The molecule has 0 saturated carbocycles. The minimum absolute atomic E-state index is 0.145. The van der Waals surface area contributed by atoms with Gasteiger partial charge in [-0.15, -0.1) is 0 Å². The maximum atomic E-state index is 5.65. The lowest BCUT2D eigenvalue weighted by Gasteiger charge is -2.18. The number of aromatic nitrogens is 3. The molecule has 110 valence electrons. The molecule has 0 bridgehead atoms. The monoisotopic (exact) mass is 276 g/mol. The van der Waals surface area contributed by atoms with Gasteiger partial charge in [0.25, 0.3) is 0 Å². The van der Waals surface area contributed by atoms with Crippen LogP contribution in [-0.4, -0.2) is 21.3 Å². The van der Waals surface area contributed by atoms with E-state index in [1.165, 1.54) is 5.56 Å². The van der Waals surface area contributed by atoms with Crippen LogP contribution < -0.4 is 5.32 Å². The van der Waals surface area contributed by atoms with Crippen LogP contribution in [0.1, 0.15) is 56.4 Å². The van der Waals surface area contributed by atoms with Gasteiger partial charge < -0.3 is 9.73 Å². The lowest BCUT2D eigenvalue weighted by atomic mass is 10.1. The summed E-state index contributed by atoms with van der Waals surface area (Å²) in [7, 11) is 0. The second-order valence-electron chi connectivity index (χ2n) is 5.39. The van der Waals surface area contributed by atoms with Gasteiger partial charge in [0, 0.05) is 12.5 Å². The van der Waals surface area contributed by atoms with Crippen molar-refractivity contribution in [3.63, 3.8) is 0 Å². The van der Waals surface area contributed by atoms with E-state index in [0.717, 1.165) is 31.0 Å². The molecule has 0 fully saturated rings. The highest BCUT2D eigenvalue weighted by molar-refractivity contribution is 5.19. The smallest absolute Gasteiger partial charge is 0.138 e. The van der Waals surface area contributed by atoms with Crippen LogP contribution in [-0.2, 0) is 6.42 Å². The van der Waals surface area contributed by atoms with E-state index in [0.29, 0.717) is 6.04 Å². The highest BCUT2D eigenvalue weighted by atomic mass is 16.3. The molecule has 0 saturated heterocycles. The maximum Gasteiger partial charge on any atom is 0.138 e. The van der Waals surface area contributed by atoms with Crippen LogP contribution in [0.5, 0.6) is 0 Å². The van der Waals surface area contributed by atoms with E-state index in [9.17, 15) is 0 Å². The molecule has 1 N–H and O–H groups in total. The molecule has 5 nitrogen and oxygen atoms in total. The quantitative estimate of drug-likeness (QED) is 0.844. The van der Waals surface area contributed by atoms with Gasteiger partial charge in [-0.1, -0.05) is 6.92 Å². The minimum atomic E-state index is 0.145. The van der Waals surface area contributed by atoms with E-state index in [1.807, 2.05) is 10.7 Å². The normalized spacial score (nSPS) is 13.1. The van der Waals surface area contributed by atoms with Gasteiger partial charge in [-0.05, 0) is 45.4 Å². The topological polar surface area (TPSA) is 55.9 Å². The van der Waals surface area contributed by atoms with Crippen molar-refractivity contribution in [2.45, 2.75) is 52.6 Å². The number of rotatable bonds is 7. The molecule has 2 aromatic rings. The fraction of sp³-hybridized carbons (Fsp3) is 0.600. The summed E-state index contributed by atoms with van der Waals surface area (Å²) in [5.74, 6) is 1.99. The highest BCUT2D eigenvalue weighted by Crippen LogP contribution is 2.22. The average molecular weight is 276 g/mol. The first-order chi connectivity index (χ1) is 9.63. The van der Waals surface area contributed by atoms with Crippen LogP contribution in [0.3, 0.4) is 0 Å². The number of furan rings is 1. The summed E-state index contributed by atoms with van der Waals surface area (Å²) in [5, 5.41) is 7.84. The molecular formula is C15H24N4O. The maximum absolute atomic E-state index is 5.65. The van der Waals surface area contributed by atoms with Gasteiger partial charge in [-0.2, -0.15) is 5.10 Å². The summed E-state index contributed by atoms with van der Waals surface area (Å²) < 4.78 is 7.62. The van der Waals surface area contributed by atoms with Crippen LogP contribution in [0.4, 0.5) is 0 Å². The van der Waals surface area contributed by atoms with Crippen LogP contribution in [0.15, 0.2) is 23.1 Å². The van der Waals surface area contributed by atoms with Crippen LogP contribution in [0.2, 0.25) is 0 Å². The zero-order chi connectivity index (χ0) is 14.5. The van der Waals surface area contributed by atoms with Crippen LogP contribution >= 0.6 is 0 Å². The Labute approximate surface area is 120 Å². The summed E-state index contributed by atoms with van der Waals surface area (Å²) in [6.45, 7) is 9.43. The first-order valence-corrected chi connectivity index (χ1v) is 7.29. The van der Waals surface area contributed by atoms with Gasteiger partial charge in [0.1, 0.15) is 17.9 Å². The van der Waals surface area contributed by atoms with Crippen molar-refractivity contribution in [1.82, 2.24) is 20.1 Å². The second-order valence-corrected chi connectivity index (χ2v) is 5.39. The Morgan fingerprint density at radius 1 is 1.40 bits per heavy atom. The van der Waals surface area contributed by atoms with Gasteiger partial charge in [0.2, 0.25) is 0 Å². The second kappa shape index (κ2) is 6.70. The van der Waals surface area contributed by atoms with E-state index in [-0.39, 0.29) is 6.04 Å². The average Bonchev–Trinajstić information content (AvgIpc) is 3.03. The van der Waals surface area contributed by atoms with E-state index in [2.05, 4.69) is 43.1 Å². The third-order valence-corrected chi connectivity index (χ3v) is 3.38. The van der Waals surface area contributed by atoms with Crippen molar-refractivity contribution in [2.24, 2.45) is 0 Å². The third-order valence-electron chi connectivity index (χ3n) is 3.38. The Kier molecular flexibility index (Phi) is 4.95. The largest absolute Gasteiger partial charge is 0.467 e. The minimum Gasteiger partial charge on any atom is -0.467 e. The van der Waals surface area contributed by atoms with Crippen LogP contribution in [0, 0.1) is 6.92 Å². The van der Waals surface area contributed by atoms with Gasteiger partial charge in [0.15, 0.2) is 0 Å². The molecule has 5 heteroatoms. The van der Waals surface area contributed by atoms with Gasteiger partial charge in [0.05, 0.1) is 12.3 Å². The summed E-state index contributed by atoms with van der Waals surface area (Å²) in [5.41, 5.74) is 1.18. The Balaban J connectivity index is 2.19. The number of hydrogen-bond donors (Lipinski definition) is 1. The van der Waals surface area contributed by atoms with Crippen molar-refractivity contribution in [3.8, 4) is 0 Å². The Hall–Kier alpha value is -1.62. The molecule has 0 radical (unpaired) electrons. The first-order valence-electron chi connectivity index (χ1n) is 7.29. The molecule has 2 heterocycles. The Morgan fingerprint density at radius 2 is 2.20 bits per heavy atom. The SMILES string of the molecule is CCCNC(Cc1ncnn1C(C)C)c1occc1C. The van der Waals surface area contributed by atoms with Crippen molar-refractivity contribution >= 4 is 0 Å². The zero-order valence-electron chi connectivity index (χ0n) is 12.8. The van der Waals surface area contributed by atoms with Crippen molar-refractivity contribution in [1.29, 1.82) is 0 Å².